The van der Waals surface area contributed by atoms with Gasteiger partial charge in [0.25, 0.3) is 0 Å². The van der Waals surface area contributed by atoms with Crippen LogP contribution in [0.5, 0.6) is 5.75 Å². The fraction of sp³-hybridized carbons (Fsp3) is 0.417. The lowest BCUT2D eigenvalue weighted by Crippen LogP contribution is -2.40. The molecule has 0 atom stereocenters. The molecular formula is C24H33ClN4O4S2. The van der Waals surface area contributed by atoms with Gasteiger partial charge in [-0.2, -0.15) is 8.42 Å². The van der Waals surface area contributed by atoms with Crippen molar-refractivity contribution in [3.63, 3.8) is 0 Å². The van der Waals surface area contributed by atoms with Crippen molar-refractivity contribution in [3.05, 3.63) is 42.5 Å². The van der Waals surface area contributed by atoms with E-state index in [-0.39, 0.29) is 29.0 Å². The van der Waals surface area contributed by atoms with Crippen LogP contribution in [0.3, 0.4) is 0 Å². The van der Waals surface area contributed by atoms with Crippen molar-refractivity contribution in [2.45, 2.75) is 58.0 Å². The van der Waals surface area contributed by atoms with Gasteiger partial charge in [0, 0.05) is 43.3 Å². The molecule has 0 bridgehead atoms. The molecule has 0 aliphatic carbocycles. The first-order chi connectivity index (χ1) is 16.1. The van der Waals surface area contributed by atoms with E-state index in [2.05, 4.69) is 48.2 Å². The van der Waals surface area contributed by atoms with Crippen LogP contribution in [0.1, 0.15) is 41.0 Å². The van der Waals surface area contributed by atoms with Gasteiger partial charge in [-0.15, -0.1) is 12.4 Å². The summed E-state index contributed by atoms with van der Waals surface area (Å²) in [6, 6.07) is 12.3. The third kappa shape index (κ3) is 7.79. The van der Waals surface area contributed by atoms with E-state index in [0.29, 0.717) is 29.2 Å². The van der Waals surface area contributed by atoms with Crippen LogP contribution in [0.4, 0.5) is 10.8 Å². The zero-order valence-electron chi connectivity index (χ0n) is 20.6. The number of amides is 1. The Kier molecular flexibility index (Phi) is 10.3. The van der Waals surface area contributed by atoms with E-state index >= 15 is 0 Å². The van der Waals surface area contributed by atoms with Crippen molar-refractivity contribution >= 4 is 60.8 Å². The van der Waals surface area contributed by atoms with Gasteiger partial charge < -0.3 is 14.8 Å². The Bertz CT molecular complexity index is 1220. The number of thiazole rings is 1. The van der Waals surface area contributed by atoms with Crippen molar-refractivity contribution in [1.29, 1.82) is 0 Å². The minimum atomic E-state index is -3.99. The fourth-order valence-corrected chi connectivity index (χ4v) is 5.41. The summed E-state index contributed by atoms with van der Waals surface area (Å²) < 4.78 is 31.6. The number of rotatable bonds is 11. The lowest BCUT2D eigenvalue weighted by atomic mass is 10.2. The number of hydrogen-bond donors (Lipinski definition) is 2. The molecule has 3 rings (SSSR count). The summed E-state index contributed by atoms with van der Waals surface area (Å²) in [5.74, 6) is 0.0578. The van der Waals surface area contributed by atoms with Crippen LogP contribution in [-0.4, -0.2) is 49.4 Å². The van der Waals surface area contributed by atoms with E-state index in [4.69, 9.17) is 4.18 Å². The number of halogens is 1. The molecular weight excluding hydrogens is 508 g/mol. The van der Waals surface area contributed by atoms with Crippen molar-refractivity contribution in [2.75, 3.05) is 23.7 Å². The Balaban J connectivity index is 0.00000432. The first kappa shape index (κ1) is 28.8. The maximum Gasteiger partial charge on any atom is 0.339 e. The number of carbonyl (C=O) groups excluding carboxylic acids is 1. The van der Waals surface area contributed by atoms with Gasteiger partial charge in [0.1, 0.15) is 10.6 Å². The summed E-state index contributed by atoms with van der Waals surface area (Å²) in [6.45, 7) is 12.1. The number of carbonyl (C=O) groups is 1. The van der Waals surface area contributed by atoms with E-state index < -0.39 is 10.1 Å². The zero-order chi connectivity index (χ0) is 24.9. The summed E-state index contributed by atoms with van der Waals surface area (Å²) in [5.41, 5.74) is 1.50. The first-order valence-electron chi connectivity index (χ1n) is 11.3. The lowest BCUT2D eigenvalue weighted by Gasteiger charge is -2.30. The number of nitrogens with zero attached hydrogens (tertiary/aromatic N) is 2. The molecule has 0 saturated carbocycles. The summed E-state index contributed by atoms with van der Waals surface area (Å²) in [7, 11) is -3.99. The van der Waals surface area contributed by atoms with Crippen molar-refractivity contribution in [2.24, 2.45) is 0 Å². The average molecular weight is 541 g/mol. The van der Waals surface area contributed by atoms with Gasteiger partial charge in [0.2, 0.25) is 5.91 Å². The van der Waals surface area contributed by atoms with Gasteiger partial charge in [-0.1, -0.05) is 18.3 Å². The van der Waals surface area contributed by atoms with Crippen molar-refractivity contribution in [3.8, 4) is 5.75 Å². The molecule has 0 radical (unpaired) electrons. The second-order valence-electron chi connectivity index (χ2n) is 8.46. The molecule has 0 fully saturated rings. The summed E-state index contributed by atoms with van der Waals surface area (Å²) in [4.78, 5) is 18.4. The largest absolute Gasteiger partial charge is 0.384 e. The second-order valence-corrected chi connectivity index (χ2v) is 11.0. The van der Waals surface area contributed by atoms with Gasteiger partial charge in [0.05, 0.1) is 10.2 Å². The molecule has 0 spiro atoms. The minimum Gasteiger partial charge on any atom is -0.384 e. The van der Waals surface area contributed by atoms with E-state index in [0.717, 1.165) is 23.5 Å². The Morgan fingerprint density at radius 3 is 2.34 bits per heavy atom. The summed E-state index contributed by atoms with van der Waals surface area (Å²) in [6.07, 6.45) is 0.352. The highest BCUT2D eigenvalue weighted by Crippen LogP contribution is 2.30. The minimum absolute atomic E-state index is 0. The molecule has 0 aliphatic heterocycles. The highest BCUT2D eigenvalue weighted by Gasteiger charge is 2.18. The normalized spacial score (nSPS) is 11.7. The average Bonchev–Trinajstić information content (AvgIpc) is 3.17. The Hall–Kier alpha value is -2.40. The van der Waals surface area contributed by atoms with Gasteiger partial charge in [-0.05, 0) is 64.1 Å². The van der Waals surface area contributed by atoms with Crippen LogP contribution in [0.2, 0.25) is 0 Å². The third-order valence-electron chi connectivity index (χ3n) is 5.30. The Morgan fingerprint density at radius 1 is 1.09 bits per heavy atom. The Labute approximate surface area is 217 Å². The predicted octanol–water partition coefficient (Wildman–Crippen LogP) is 5.37. The Morgan fingerprint density at radius 2 is 1.74 bits per heavy atom. The van der Waals surface area contributed by atoms with Crippen LogP contribution in [-0.2, 0) is 14.9 Å². The predicted molar refractivity (Wildman–Crippen MR) is 146 cm³/mol. The molecule has 35 heavy (non-hydrogen) atoms. The maximum atomic E-state index is 12.8. The number of hydrogen-bond acceptors (Lipinski definition) is 8. The van der Waals surface area contributed by atoms with Crippen LogP contribution in [0.25, 0.3) is 10.2 Å². The van der Waals surface area contributed by atoms with Crippen LogP contribution in [0.15, 0.2) is 47.4 Å². The van der Waals surface area contributed by atoms with E-state index in [1.807, 2.05) is 0 Å². The molecule has 192 valence electrons. The van der Waals surface area contributed by atoms with E-state index in [9.17, 15) is 13.2 Å². The number of anilines is 2. The van der Waals surface area contributed by atoms with E-state index in [1.54, 1.807) is 37.3 Å². The van der Waals surface area contributed by atoms with Gasteiger partial charge >= 0.3 is 10.1 Å². The van der Waals surface area contributed by atoms with Crippen LogP contribution in [0, 0.1) is 0 Å². The molecule has 1 amide bonds. The molecule has 2 aromatic carbocycles. The molecule has 0 saturated heterocycles. The highest BCUT2D eigenvalue weighted by atomic mass is 35.5. The molecule has 0 aliphatic rings. The standard InChI is InChI=1S/C24H32N4O4S2.ClH/c1-6-23(29)27-24-26-21-12-9-19(15-22(21)33-24)32-34(30,31)20-10-7-18(8-11-20)25-13-14-28(16(2)3)17(4)5;/h7-12,15-17,25H,6,13-14H2,1-5H3,(H,26,27,29);1H. The molecule has 8 nitrogen and oxygen atoms in total. The quantitative estimate of drug-likeness (QED) is 0.315. The lowest BCUT2D eigenvalue weighted by molar-refractivity contribution is -0.115. The number of nitrogens with one attached hydrogen (secondary N) is 2. The van der Waals surface area contributed by atoms with Gasteiger partial charge in [-0.3, -0.25) is 9.69 Å². The molecule has 0 unspecified atom stereocenters. The van der Waals surface area contributed by atoms with Gasteiger partial charge in [-0.25, -0.2) is 4.98 Å². The fourth-order valence-electron chi connectivity index (χ4n) is 3.57. The van der Waals surface area contributed by atoms with Gasteiger partial charge in [0.15, 0.2) is 5.13 Å². The third-order valence-corrected chi connectivity index (χ3v) is 7.50. The smallest absolute Gasteiger partial charge is 0.339 e. The van der Waals surface area contributed by atoms with Crippen LogP contribution >= 0.6 is 23.7 Å². The molecule has 11 heteroatoms. The topological polar surface area (TPSA) is 101 Å². The molecule has 1 heterocycles. The molecule has 2 N–H and O–H groups in total. The monoisotopic (exact) mass is 540 g/mol. The molecule has 1 aromatic heterocycles. The molecule has 3 aromatic rings. The van der Waals surface area contributed by atoms with E-state index in [1.165, 1.54) is 23.5 Å². The van der Waals surface area contributed by atoms with Crippen LogP contribution < -0.4 is 14.8 Å². The number of aromatic nitrogens is 1. The highest BCUT2D eigenvalue weighted by molar-refractivity contribution is 7.87. The van der Waals surface area contributed by atoms with Crippen molar-refractivity contribution < 1.29 is 17.4 Å². The summed E-state index contributed by atoms with van der Waals surface area (Å²) >= 11 is 1.26. The first-order valence-corrected chi connectivity index (χ1v) is 13.6. The SMILES string of the molecule is CCC(=O)Nc1nc2ccc(OS(=O)(=O)c3ccc(NCCN(C(C)C)C(C)C)cc3)cc2s1.Cl. The van der Waals surface area contributed by atoms with Crippen molar-refractivity contribution in [1.82, 2.24) is 9.88 Å². The number of fused-ring (bicyclic) bond motifs is 1. The summed E-state index contributed by atoms with van der Waals surface area (Å²) in [5, 5.41) is 6.52. The zero-order valence-corrected chi connectivity index (χ0v) is 23.0. The second kappa shape index (κ2) is 12.5. The number of benzene rings is 2. The maximum absolute atomic E-state index is 12.8.